The number of ether oxygens (including phenoxy) is 4. The van der Waals surface area contributed by atoms with E-state index in [0.717, 1.165) is 0 Å². The van der Waals surface area contributed by atoms with Crippen LogP contribution in [0.3, 0.4) is 0 Å². The summed E-state index contributed by atoms with van der Waals surface area (Å²) in [6.45, 7) is 11.3. The van der Waals surface area contributed by atoms with E-state index in [1.54, 1.807) is 7.11 Å². The van der Waals surface area contributed by atoms with E-state index in [4.69, 9.17) is 18.9 Å². The van der Waals surface area contributed by atoms with Gasteiger partial charge in [0, 0.05) is 7.11 Å². The van der Waals surface area contributed by atoms with Crippen LogP contribution in [0.2, 0.25) is 0 Å². The molecule has 0 radical (unpaired) electrons. The average molecular weight is 252 g/mol. The van der Waals surface area contributed by atoms with Gasteiger partial charge in [-0.1, -0.05) is 0 Å². The highest BCUT2D eigenvalue weighted by Crippen LogP contribution is 1.90. The van der Waals surface area contributed by atoms with Crippen molar-refractivity contribution in [3.63, 3.8) is 0 Å². The standard InChI is InChI=1S/C8H18O2.C4H11NO2/c1-7(2)9-5-6-10-8(3)4;1-6-2-3-7-4-5/h7-8H,5-6H2,1-4H3;2-5H2,1H3/p+1. The summed E-state index contributed by atoms with van der Waals surface area (Å²) in [4.78, 5) is 0. The molecule has 0 rings (SSSR count). The smallest absolute Gasteiger partial charge is 0.178 e. The van der Waals surface area contributed by atoms with Gasteiger partial charge in [-0.25, -0.2) is 0 Å². The van der Waals surface area contributed by atoms with E-state index in [1.807, 2.05) is 27.7 Å². The van der Waals surface area contributed by atoms with Gasteiger partial charge in [0.2, 0.25) is 0 Å². The van der Waals surface area contributed by atoms with Gasteiger partial charge in [0.25, 0.3) is 0 Å². The topological polar surface area (TPSA) is 64.6 Å². The van der Waals surface area contributed by atoms with Crippen molar-refractivity contribution in [2.75, 3.05) is 40.3 Å². The number of hydrogen-bond donors (Lipinski definition) is 1. The van der Waals surface area contributed by atoms with Crippen molar-refractivity contribution in [1.29, 1.82) is 0 Å². The normalized spacial score (nSPS) is 10.6. The van der Waals surface area contributed by atoms with E-state index >= 15 is 0 Å². The molecule has 5 nitrogen and oxygen atoms in total. The molecule has 0 amide bonds. The van der Waals surface area contributed by atoms with E-state index in [1.165, 1.54) is 0 Å². The highest BCUT2D eigenvalue weighted by molar-refractivity contribution is 4.39. The van der Waals surface area contributed by atoms with E-state index in [2.05, 4.69) is 5.73 Å². The van der Waals surface area contributed by atoms with Gasteiger partial charge in [0.15, 0.2) is 6.73 Å². The van der Waals surface area contributed by atoms with E-state index < -0.39 is 0 Å². The fourth-order valence-corrected chi connectivity index (χ4v) is 0.812. The molecule has 17 heavy (non-hydrogen) atoms. The van der Waals surface area contributed by atoms with Crippen LogP contribution in [0.1, 0.15) is 27.7 Å². The minimum atomic E-state index is 0.316. The molecule has 0 bridgehead atoms. The molecule has 0 unspecified atom stereocenters. The minimum absolute atomic E-state index is 0.316. The van der Waals surface area contributed by atoms with Gasteiger partial charge < -0.3 is 24.7 Å². The Morgan fingerprint density at radius 1 is 0.824 bits per heavy atom. The lowest BCUT2D eigenvalue weighted by atomic mass is 10.5. The molecule has 0 aliphatic heterocycles. The first-order valence-electron chi connectivity index (χ1n) is 6.13. The second-order valence-electron chi connectivity index (χ2n) is 3.94. The quantitative estimate of drug-likeness (QED) is 0.484. The summed E-state index contributed by atoms with van der Waals surface area (Å²) in [5.74, 6) is 0. The van der Waals surface area contributed by atoms with Crippen LogP contribution < -0.4 is 5.73 Å². The molecule has 0 heterocycles. The van der Waals surface area contributed by atoms with E-state index in [9.17, 15) is 0 Å². The third-order valence-corrected chi connectivity index (χ3v) is 1.56. The highest BCUT2D eigenvalue weighted by Gasteiger charge is 1.94. The molecule has 0 aliphatic carbocycles. The molecule has 0 fully saturated rings. The molecular weight excluding hydrogens is 222 g/mol. The minimum Gasteiger partial charge on any atom is -0.382 e. The Kier molecular flexibility index (Phi) is 17.8. The van der Waals surface area contributed by atoms with E-state index in [-0.39, 0.29) is 0 Å². The Morgan fingerprint density at radius 2 is 1.29 bits per heavy atom. The SMILES string of the molecule is CC(C)OCCOC(C)C.COCCOC[NH3+]. The maximum absolute atomic E-state index is 5.27. The third kappa shape index (κ3) is 25.8. The first kappa shape index (κ1) is 19.1. The summed E-state index contributed by atoms with van der Waals surface area (Å²) in [7, 11) is 1.65. The maximum atomic E-state index is 5.27. The van der Waals surface area contributed by atoms with Gasteiger partial charge >= 0.3 is 0 Å². The molecular formula is C12H30NO4+. The average Bonchev–Trinajstić information content (AvgIpc) is 2.26. The van der Waals surface area contributed by atoms with Crippen molar-refractivity contribution < 1.29 is 24.7 Å². The van der Waals surface area contributed by atoms with Gasteiger partial charge in [-0.05, 0) is 27.7 Å². The summed E-state index contributed by atoms with van der Waals surface area (Å²) in [6.07, 6.45) is 0.631. The van der Waals surface area contributed by atoms with Crippen LogP contribution in [-0.2, 0) is 18.9 Å². The lowest BCUT2D eigenvalue weighted by molar-refractivity contribution is -0.431. The van der Waals surface area contributed by atoms with Gasteiger partial charge in [-0.15, -0.1) is 0 Å². The molecule has 106 valence electrons. The predicted molar refractivity (Wildman–Crippen MR) is 67.8 cm³/mol. The zero-order valence-corrected chi connectivity index (χ0v) is 12.0. The van der Waals surface area contributed by atoms with Crippen molar-refractivity contribution >= 4 is 0 Å². The van der Waals surface area contributed by atoms with Crippen LogP contribution in [0, 0.1) is 0 Å². The fourth-order valence-electron chi connectivity index (χ4n) is 0.812. The molecule has 0 saturated heterocycles. The molecule has 0 aromatic heterocycles. The molecule has 5 heteroatoms. The first-order chi connectivity index (χ1) is 8.04. The van der Waals surface area contributed by atoms with Gasteiger partial charge in [0.05, 0.1) is 38.6 Å². The van der Waals surface area contributed by atoms with Crippen LogP contribution >= 0.6 is 0 Å². The lowest BCUT2D eigenvalue weighted by Gasteiger charge is -2.09. The Bertz CT molecular complexity index is 118. The number of quaternary nitrogens is 1. The predicted octanol–water partition coefficient (Wildman–Crippen LogP) is 0.685. The Labute approximate surface area is 106 Å². The number of methoxy groups -OCH3 is 1. The van der Waals surface area contributed by atoms with Gasteiger partial charge in [0.1, 0.15) is 0 Å². The number of rotatable bonds is 9. The summed E-state index contributed by atoms with van der Waals surface area (Å²) >= 11 is 0. The van der Waals surface area contributed by atoms with E-state index in [0.29, 0.717) is 45.4 Å². The Morgan fingerprint density at radius 3 is 1.59 bits per heavy atom. The molecule has 0 saturated carbocycles. The molecule has 0 aliphatic rings. The first-order valence-corrected chi connectivity index (χ1v) is 6.13. The maximum Gasteiger partial charge on any atom is 0.178 e. The van der Waals surface area contributed by atoms with Crippen LogP contribution in [0.5, 0.6) is 0 Å². The zero-order chi connectivity index (χ0) is 13.5. The number of hydrogen-bond acceptors (Lipinski definition) is 4. The largest absolute Gasteiger partial charge is 0.382 e. The van der Waals surface area contributed by atoms with Crippen LogP contribution in [0.15, 0.2) is 0 Å². The highest BCUT2D eigenvalue weighted by atomic mass is 16.5. The second-order valence-corrected chi connectivity index (χ2v) is 3.94. The van der Waals surface area contributed by atoms with Crippen LogP contribution in [0.25, 0.3) is 0 Å². The molecule has 3 N–H and O–H groups in total. The summed E-state index contributed by atoms with van der Waals surface area (Å²) in [5.41, 5.74) is 3.48. The summed E-state index contributed by atoms with van der Waals surface area (Å²) in [5, 5.41) is 0. The second kappa shape index (κ2) is 15.8. The van der Waals surface area contributed by atoms with Gasteiger partial charge in [-0.3, -0.25) is 0 Å². The van der Waals surface area contributed by atoms with Gasteiger partial charge in [-0.2, -0.15) is 0 Å². The third-order valence-electron chi connectivity index (χ3n) is 1.56. The van der Waals surface area contributed by atoms with Crippen molar-refractivity contribution in [3.8, 4) is 0 Å². The van der Waals surface area contributed by atoms with Crippen molar-refractivity contribution in [3.05, 3.63) is 0 Å². The summed E-state index contributed by atoms with van der Waals surface area (Å²) in [6, 6.07) is 0. The lowest BCUT2D eigenvalue weighted by Crippen LogP contribution is -2.51. The van der Waals surface area contributed by atoms with Crippen LogP contribution in [0.4, 0.5) is 0 Å². The fraction of sp³-hybridized carbons (Fsp3) is 1.00. The molecule has 0 aromatic carbocycles. The summed E-state index contributed by atoms with van der Waals surface area (Å²) < 4.78 is 20.1. The molecule has 0 aromatic rings. The molecule has 0 spiro atoms. The van der Waals surface area contributed by atoms with Crippen molar-refractivity contribution in [2.45, 2.75) is 39.9 Å². The van der Waals surface area contributed by atoms with Crippen LogP contribution in [-0.4, -0.2) is 52.5 Å². The zero-order valence-electron chi connectivity index (χ0n) is 12.0. The molecule has 0 atom stereocenters. The van der Waals surface area contributed by atoms with Crippen molar-refractivity contribution in [2.24, 2.45) is 0 Å². The Hall–Kier alpha value is -0.200. The van der Waals surface area contributed by atoms with Crippen molar-refractivity contribution in [1.82, 2.24) is 0 Å². The monoisotopic (exact) mass is 252 g/mol. The Balaban J connectivity index is 0.